The Morgan fingerprint density at radius 2 is 2.00 bits per heavy atom. The van der Waals surface area contributed by atoms with Gasteiger partial charge in [-0.3, -0.25) is 4.79 Å². The molecule has 26 heavy (non-hydrogen) atoms. The SMILES string of the molecule is CC(C)c1ccc(-c2csc(NC(=O)[C@H]3CCCN3S(C)(=O)=O)n2)cc1. The average molecular weight is 394 g/mol. The summed E-state index contributed by atoms with van der Waals surface area (Å²) in [5.41, 5.74) is 3.05. The summed E-state index contributed by atoms with van der Waals surface area (Å²) in [6.45, 7) is 4.69. The monoisotopic (exact) mass is 393 g/mol. The minimum absolute atomic E-state index is 0.316. The highest BCUT2D eigenvalue weighted by atomic mass is 32.2. The molecule has 3 rings (SSSR count). The van der Waals surface area contributed by atoms with Crippen LogP contribution >= 0.6 is 11.3 Å². The van der Waals surface area contributed by atoms with E-state index in [1.165, 1.54) is 21.2 Å². The molecule has 1 saturated heterocycles. The van der Waals surface area contributed by atoms with E-state index in [1.807, 2.05) is 17.5 Å². The van der Waals surface area contributed by atoms with E-state index in [0.717, 1.165) is 17.5 Å². The van der Waals surface area contributed by atoms with Gasteiger partial charge in [0.15, 0.2) is 5.13 Å². The van der Waals surface area contributed by atoms with Gasteiger partial charge in [-0.05, 0) is 24.3 Å². The summed E-state index contributed by atoms with van der Waals surface area (Å²) >= 11 is 1.34. The van der Waals surface area contributed by atoms with Crippen molar-refractivity contribution in [1.29, 1.82) is 0 Å². The van der Waals surface area contributed by atoms with Crippen molar-refractivity contribution in [3.05, 3.63) is 35.2 Å². The Balaban J connectivity index is 1.71. The fourth-order valence-electron chi connectivity index (χ4n) is 3.09. The number of carbonyl (C=O) groups is 1. The zero-order chi connectivity index (χ0) is 18.9. The number of hydrogen-bond donors (Lipinski definition) is 1. The van der Waals surface area contributed by atoms with E-state index in [-0.39, 0.29) is 5.91 Å². The van der Waals surface area contributed by atoms with E-state index < -0.39 is 16.1 Å². The normalized spacial score (nSPS) is 18.4. The molecule has 0 saturated carbocycles. The lowest BCUT2D eigenvalue weighted by Crippen LogP contribution is -2.42. The van der Waals surface area contributed by atoms with E-state index in [2.05, 4.69) is 36.3 Å². The van der Waals surface area contributed by atoms with E-state index in [1.54, 1.807) is 0 Å². The zero-order valence-electron chi connectivity index (χ0n) is 15.1. The average Bonchev–Trinajstić information content (AvgIpc) is 3.23. The van der Waals surface area contributed by atoms with Crippen molar-refractivity contribution in [1.82, 2.24) is 9.29 Å². The smallest absolute Gasteiger partial charge is 0.244 e. The Bertz CT molecular complexity index is 889. The van der Waals surface area contributed by atoms with Crippen LogP contribution in [0.5, 0.6) is 0 Å². The predicted octanol–water partition coefficient (Wildman–Crippen LogP) is 3.30. The number of anilines is 1. The number of nitrogens with zero attached hydrogens (tertiary/aromatic N) is 2. The minimum atomic E-state index is -3.38. The third-order valence-corrected chi connectivity index (χ3v) is 6.59. The van der Waals surface area contributed by atoms with Gasteiger partial charge in [-0.15, -0.1) is 11.3 Å². The second-order valence-electron chi connectivity index (χ2n) is 6.84. The van der Waals surface area contributed by atoms with Crippen molar-refractivity contribution in [2.45, 2.75) is 38.6 Å². The molecule has 0 bridgehead atoms. The van der Waals surface area contributed by atoms with Gasteiger partial charge in [-0.1, -0.05) is 38.1 Å². The summed E-state index contributed by atoms with van der Waals surface area (Å²) in [4.78, 5) is 17.0. The maximum absolute atomic E-state index is 12.5. The van der Waals surface area contributed by atoms with E-state index in [0.29, 0.717) is 30.4 Å². The molecule has 0 radical (unpaired) electrons. The molecule has 140 valence electrons. The highest BCUT2D eigenvalue weighted by Gasteiger charge is 2.36. The molecule has 8 heteroatoms. The molecule has 0 spiro atoms. The largest absolute Gasteiger partial charge is 0.301 e. The maximum Gasteiger partial charge on any atom is 0.244 e. The molecule has 1 fully saturated rings. The van der Waals surface area contributed by atoms with E-state index in [4.69, 9.17) is 0 Å². The fourth-order valence-corrected chi connectivity index (χ4v) is 4.94. The first-order chi connectivity index (χ1) is 12.3. The lowest BCUT2D eigenvalue weighted by Gasteiger charge is -2.20. The first-order valence-electron chi connectivity index (χ1n) is 8.59. The maximum atomic E-state index is 12.5. The fraction of sp³-hybridized carbons (Fsp3) is 0.444. The lowest BCUT2D eigenvalue weighted by atomic mass is 10.0. The van der Waals surface area contributed by atoms with Gasteiger partial charge in [0.1, 0.15) is 6.04 Å². The summed E-state index contributed by atoms with van der Waals surface area (Å²) in [6.07, 6.45) is 2.37. The van der Waals surface area contributed by atoms with Gasteiger partial charge >= 0.3 is 0 Å². The number of carbonyl (C=O) groups excluding carboxylic acids is 1. The molecule has 1 N–H and O–H groups in total. The summed E-state index contributed by atoms with van der Waals surface area (Å²) in [7, 11) is -3.38. The Kier molecular flexibility index (Phi) is 5.45. The quantitative estimate of drug-likeness (QED) is 0.845. The van der Waals surface area contributed by atoms with E-state index in [9.17, 15) is 13.2 Å². The van der Waals surface area contributed by atoms with Crippen molar-refractivity contribution in [2.24, 2.45) is 0 Å². The highest BCUT2D eigenvalue weighted by Crippen LogP contribution is 2.28. The van der Waals surface area contributed by atoms with Gasteiger partial charge in [0, 0.05) is 17.5 Å². The molecule has 1 aromatic heterocycles. The van der Waals surface area contributed by atoms with Gasteiger partial charge in [0.25, 0.3) is 0 Å². The van der Waals surface area contributed by atoms with Crippen LogP contribution in [0.3, 0.4) is 0 Å². The van der Waals surface area contributed by atoms with Crippen LogP contribution in [0.15, 0.2) is 29.6 Å². The first kappa shape index (κ1) is 19.0. The molecule has 2 aromatic rings. The van der Waals surface area contributed by atoms with Crippen LogP contribution in [0.4, 0.5) is 5.13 Å². The number of amides is 1. The highest BCUT2D eigenvalue weighted by molar-refractivity contribution is 7.88. The van der Waals surface area contributed by atoms with Crippen LogP contribution in [0.2, 0.25) is 0 Å². The Labute approximate surface area is 158 Å². The van der Waals surface area contributed by atoms with Gasteiger partial charge < -0.3 is 5.32 Å². The molecule has 0 aliphatic carbocycles. The van der Waals surface area contributed by atoms with Gasteiger partial charge in [-0.2, -0.15) is 4.31 Å². The van der Waals surface area contributed by atoms with Crippen molar-refractivity contribution in [3.8, 4) is 11.3 Å². The van der Waals surface area contributed by atoms with Crippen LogP contribution in [-0.4, -0.2) is 42.5 Å². The van der Waals surface area contributed by atoms with Crippen LogP contribution in [-0.2, 0) is 14.8 Å². The lowest BCUT2D eigenvalue weighted by molar-refractivity contribution is -0.119. The van der Waals surface area contributed by atoms with Gasteiger partial charge in [-0.25, -0.2) is 13.4 Å². The molecule has 1 amide bonds. The van der Waals surface area contributed by atoms with E-state index >= 15 is 0 Å². The van der Waals surface area contributed by atoms with Gasteiger partial charge in [0.2, 0.25) is 15.9 Å². The van der Waals surface area contributed by atoms with Crippen molar-refractivity contribution < 1.29 is 13.2 Å². The number of benzene rings is 1. The van der Waals surface area contributed by atoms with Crippen LogP contribution in [0.25, 0.3) is 11.3 Å². The number of hydrogen-bond acceptors (Lipinski definition) is 5. The second kappa shape index (κ2) is 7.46. The molecule has 2 heterocycles. The van der Waals surface area contributed by atoms with Crippen LogP contribution in [0.1, 0.15) is 38.2 Å². The van der Waals surface area contributed by atoms with Crippen LogP contribution < -0.4 is 5.32 Å². The van der Waals surface area contributed by atoms with Crippen molar-refractivity contribution in [2.75, 3.05) is 18.1 Å². The molecule has 1 aliphatic heterocycles. The first-order valence-corrected chi connectivity index (χ1v) is 11.3. The molecule has 1 aliphatic rings. The Hall–Kier alpha value is -1.77. The standard InChI is InChI=1S/C18H23N3O3S2/c1-12(2)13-6-8-14(9-7-13)15-11-25-18(19-15)20-17(22)16-5-4-10-21(16)26(3,23)24/h6-9,11-12,16H,4-5,10H2,1-3H3,(H,19,20,22)/t16-/m1/s1. The summed E-state index contributed by atoms with van der Waals surface area (Å²) in [5.74, 6) is 0.155. The number of nitrogens with one attached hydrogen (secondary N) is 1. The number of sulfonamides is 1. The van der Waals surface area contributed by atoms with Gasteiger partial charge in [0.05, 0.1) is 11.9 Å². The van der Waals surface area contributed by atoms with Crippen molar-refractivity contribution >= 4 is 32.4 Å². The minimum Gasteiger partial charge on any atom is -0.301 e. The molecule has 0 unspecified atom stereocenters. The molecular weight excluding hydrogens is 370 g/mol. The Morgan fingerprint density at radius 3 is 2.62 bits per heavy atom. The number of thiazole rings is 1. The third kappa shape index (κ3) is 4.13. The molecule has 1 atom stereocenters. The van der Waals surface area contributed by atoms with Crippen LogP contribution in [0, 0.1) is 0 Å². The topological polar surface area (TPSA) is 79.4 Å². The van der Waals surface area contributed by atoms with Crippen molar-refractivity contribution in [3.63, 3.8) is 0 Å². The summed E-state index contributed by atoms with van der Waals surface area (Å²) in [6, 6.07) is 7.57. The zero-order valence-corrected chi connectivity index (χ0v) is 16.7. The summed E-state index contributed by atoms with van der Waals surface area (Å²) in [5, 5.41) is 5.14. The molecule has 6 nitrogen and oxygen atoms in total. The Morgan fingerprint density at radius 1 is 1.31 bits per heavy atom. The number of aromatic nitrogens is 1. The predicted molar refractivity (Wildman–Crippen MR) is 105 cm³/mol. The second-order valence-corrected chi connectivity index (χ2v) is 9.63. The summed E-state index contributed by atoms with van der Waals surface area (Å²) < 4.78 is 24.9. The molecule has 1 aromatic carbocycles. The third-order valence-electron chi connectivity index (χ3n) is 4.54. The molecular formula is C18H23N3O3S2. The number of rotatable bonds is 5.